The zero-order valence-corrected chi connectivity index (χ0v) is 21.7. The fraction of sp³-hybridized carbons (Fsp3) is 0.231. The quantitative estimate of drug-likeness (QED) is 0.318. The molecule has 4 aromatic rings. The van der Waals surface area contributed by atoms with Crippen molar-refractivity contribution in [3.05, 3.63) is 98.4 Å². The van der Waals surface area contributed by atoms with E-state index in [2.05, 4.69) is 20.5 Å². The van der Waals surface area contributed by atoms with Crippen LogP contribution in [-0.4, -0.2) is 37.4 Å². The Kier molecular flexibility index (Phi) is 7.87. The van der Waals surface area contributed by atoms with Crippen molar-refractivity contribution >= 4 is 29.2 Å². The molecule has 2 aromatic heterocycles. The van der Waals surface area contributed by atoms with Crippen molar-refractivity contribution in [1.29, 1.82) is 0 Å². The minimum Gasteiger partial charge on any atom is -0.469 e. The molecule has 0 aliphatic carbocycles. The summed E-state index contributed by atoms with van der Waals surface area (Å²) in [6.07, 6.45) is 1.54. The SMILES string of the molecule is COC(=O)C(C)(C)Cn1c(=O)nc(Nc2ccc(Oc3cccnn3)cc2)n(Cc2ccc(Cl)cc2)c1=O. The Bertz CT molecular complexity index is 1530. The zero-order valence-electron chi connectivity index (χ0n) is 20.9. The van der Waals surface area contributed by atoms with Crippen LogP contribution in [-0.2, 0) is 22.6 Å². The first-order valence-electron chi connectivity index (χ1n) is 11.5. The standard InChI is InChI=1S/C26H25ClN6O5/c1-26(2,22(34)37-3)16-33-24(35)30-23(32(25(33)36)15-17-6-8-18(27)9-7-17)29-19-10-12-20(13-11-19)38-21-5-4-14-28-31-21/h4-14H,15-16H2,1-3H3,(H,29,30,35). The molecular weight excluding hydrogens is 512 g/mol. The molecule has 0 bridgehead atoms. The van der Waals surface area contributed by atoms with Crippen molar-refractivity contribution in [1.82, 2.24) is 24.3 Å². The van der Waals surface area contributed by atoms with Gasteiger partial charge in [-0.05, 0) is 61.9 Å². The van der Waals surface area contributed by atoms with Crippen molar-refractivity contribution in [2.24, 2.45) is 5.41 Å². The van der Waals surface area contributed by atoms with E-state index >= 15 is 0 Å². The number of carbonyl (C=O) groups excluding carboxylic acids is 1. The van der Waals surface area contributed by atoms with Crippen LogP contribution in [0.5, 0.6) is 11.6 Å². The van der Waals surface area contributed by atoms with E-state index in [1.54, 1.807) is 80.7 Å². The van der Waals surface area contributed by atoms with Gasteiger partial charge in [0.05, 0.1) is 19.1 Å². The average molecular weight is 537 g/mol. The van der Waals surface area contributed by atoms with Crippen LogP contribution in [0.2, 0.25) is 5.02 Å². The summed E-state index contributed by atoms with van der Waals surface area (Å²) in [6.45, 7) is 3.06. The van der Waals surface area contributed by atoms with Crippen LogP contribution in [0.1, 0.15) is 19.4 Å². The van der Waals surface area contributed by atoms with Gasteiger partial charge in [-0.3, -0.25) is 9.36 Å². The van der Waals surface area contributed by atoms with Crippen LogP contribution in [0.4, 0.5) is 11.6 Å². The number of ether oxygens (including phenoxy) is 2. The Morgan fingerprint density at radius 1 is 1.03 bits per heavy atom. The fourth-order valence-corrected chi connectivity index (χ4v) is 3.74. The first kappa shape index (κ1) is 26.6. The first-order valence-corrected chi connectivity index (χ1v) is 11.9. The first-order chi connectivity index (χ1) is 18.2. The summed E-state index contributed by atoms with van der Waals surface area (Å²) in [5.74, 6) is 0.330. The Hall–Kier alpha value is -4.51. The lowest BCUT2D eigenvalue weighted by Gasteiger charge is -2.23. The largest absolute Gasteiger partial charge is 0.469 e. The van der Waals surface area contributed by atoms with Gasteiger partial charge < -0.3 is 14.8 Å². The third-order valence-corrected chi connectivity index (χ3v) is 5.83. The van der Waals surface area contributed by atoms with Gasteiger partial charge in [0, 0.05) is 29.5 Å². The maximum Gasteiger partial charge on any atom is 0.354 e. The van der Waals surface area contributed by atoms with Crippen molar-refractivity contribution in [3.63, 3.8) is 0 Å². The number of aromatic nitrogens is 5. The van der Waals surface area contributed by atoms with Gasteiger partial charge in [0.2, 0.25) is 11.8 Å². The van der Waals surface area contributed by atoms with Gasteiger partial charge in [-0.15, -0.1) is 5.10 Å². The van der Waals surface area contributed by atoms with Crippen LogP contribution < -0.4 is 21.4 Å². The van der Waals surface area contributed by atoms with Gasteiger partial charge in [0.25, 0.3) is 0 Å². The second kappa shape index (κ2) is 11.3. The summed E-state index contributed by atoms with van der Waals surface area (Å²) < 4.78 is 12.7. The Morgan fingerprint density at radius 2 is 1.74 bits per heavy atom. The van der Waals surface area contributed by atoms with E-state index in [1.165, 1.54) is 11.7 Å². The summed E-state index contributed by atoms with van der Waals surface area (Å²) in [7, 11) is 1.25. The molecule has 0 fully saturated rings. The maximum atomic E-state index is 13.6. The summed E-state index contributed by atoms with van der Waals surface area (Å²) in [4.78, 5) is 42.8. The number of esters is 1. The van der Waals surface area contributed by atoms with Gasteiger partial charge in [0.15, 0.2) is 0 Å². The van der Waals surface area contributed by atoms with E-state index in [-0.39, 0.29) is 19.0 Å². The molecule has 0 saturated carbocycles. The number of nitrogens with one attached hydrogen (secondary N) is 1. The predicted molar refractivity (Wildman–Crippen MR) is 141 cm³/mol. The lowest BCUT2D eigenvalue weighted by atomic mass is 9.94. The monoisotopic (exact) mass is 536 g/mol. The number of carbonyl (C=O) groups is 1. The van der Waals surface area contributed by atoms with Crippen molar-refractivity contribution in [2.75, 3.05) is 12.4 Å². The van der Waals surface area contributed by atoms with E-state index in [9.17, 15) is 14.4 Å². The molecule has 1 N–H and O–H groups in total. The number of halogens is 1. The Labute approximate surface area is 222 Å². The molecule has 196 valence electrons. The molecular formula is C26H25ClN6O5. The highest BCUT2D eigenvalue weighted by Gasteiger charge is 2.31. The van der Waals surface area contributed by atoms with Gasteiger partial charge >= 0.3 is 17.3 Å². The third-order valence-electron chi connectivity index (χ3n) is 5.58. The number of methoxy groups -OCH3 is 1. The van der Waals surface area contributed by atoms with E-state index in [0.29, 0.717) is 22.3 Å². The predicted octanol–water partition coefficient (Wildman–Crippen LogP) is 3.63. The minimum absolute atomic E-state index is 0.0321. The lowest BCUT2D eigenvalue weighted by Crippen LogP contribution is -2.46. The highest BCUT2D eigenvalue weighted by atomic mass is 35.5. The minimum atomic E-state index is -1.13. The molecule has 0 saturated heterocycles. The normalized spacial score (nSPS) is 11.2. The van der Waals surface area contributed by atoms with Gasteiger partial charge in [-0.1, -0.05) is 23.7 Å². The molecule has 0 atom stereocenters. The van der Waals surface area contributed by atoms with Crippen molar-refractivity contribution in [2.45, 2.75) is 26.9 Å². The number of hydrogen-bond acceptors (Lipinski definition) is 9. The molecule has 0 aliphatic heterocycles. The molecule has 0 radical (unpaired) electrons. The van der Waals surface area contributed by atoms with Crippen LogP contribution in [0.3, 0.4) is 0 Å². The van der Waals surface area contributed by atoms with Crippen molar-refractivity contribution in [3.8, 4) is 11.6 Å². The molecule has 0 spiro atoms. The number of hydrogen-bond donors (Lipinski definition) is 1. The highest BCUT2D eigenvalue weighted by molar-refractivity contribution is 6.30. The maximum absolute atomic E-state index is 13.6. The van der Waals surface area contributed by atoms with Crippen molar-refractivity contribution < 1.29 is 14.3 Å². The molecule has 2 heterocycles. The molecule has 2 aromatic carbocycles. The topological polar surface area (TPSA) is 130 Å². The molecule has 12 heteroatoms. The average Bonchev–Trinajstić information content (AvgIpc) is 2.91. The van der Waals surface area contributed by atoms with Crippen LogP contribution >= 0.6 is 11.6 Å². The second-order valence-electron chi connectivity index (χ2n) is 8.99. The molecule has 4 rings (SSSR count). The lowest BCUT2D eigenvalue weighted by molar-refractivity contribution is -0.151. The zero-order chi connectivity index (χ0) is 27.3. The molecule has 11 nitrogen and oxygen atoms in total. The van der Waals surface area contributed by atoms with Gasteiger partial charge in [-0.2, -0.15) is 10.1 Å². The van der Waals surface area contributed by atoms with E-state index in [4.69, 9.17) is 21.1 Å². The summed E-state index contributed by atoms with van der Waals surface area (Å²) in [6, 6.07) is 17.1. The summed E-state index contributed by atoms with van der Waals surface area (Å²) in [5.41, 5.74) is -1.26. The number of benzene rings is 2. The number of rotatable bonds is 9. The Balaban J connectivity index is 1.68. The summed E-state index contributed by atoms with van der Waals surface area (Å²) in [5, 5.41) is 11.2. The van der Waals surface area contributed by atoms with Crippen LogP contribution in [0.25, 0.3) is 0 Å². The summed E-state index contributed by atoms with van der Waals surface area (Å²) >= 11 is 6.01. The highest BCUT2D eigenvalue weighted by Crippen LogP contribution is 2.23. The fourth-order valence-electron chi connectivity index (χ4n) is 3.61. The van der Waals surface area contributed by atoms with E-state index in [0.717, 1.165) is 10.1 Å². The molecule has 0 amide bonds. The molecule has 38 heavy (non-hydrogen) atoms. The van der Waals surface area contributed by atoms with E-state index < -0.39 is 22.8 Å². The third kappa shape index (κ3) is 6.24. The smallest absolute Gasteiger partial charge is 0.354 e. The second-order valence-corrected chi connectivity index (χ2v) is 9.42. The number of anilines is 2. The van der Waals surface area contributed by atoms with Gasteiger partial charge in [0.1, 0.15) is 5.75 Å². The van der Waals surface area contributed by atoms with Crippen LogP contribution in [0.15, 0.2) is 76.4 Å². The molecule has 0 unspecified atom stereocenters. The van der Waals surface area contributed by atoms with E-state index in [1.807, 2.05) is 0 Å². The number of nitrogens with zero attached hydrogens (tertiary/aromatic N) is 5. The Morgan fingerprint density at radius 3 is 2.37 bits per heavy atom. The van der Waals surface area contributed by atoms with Gasteiger partial charge in [-0.25, -0.2) is 14.2 Å². The van der Waals surface area contributed by atoms with Crippen LogP contribution in [0, 0.1) is 5.41 Å². The molecule has 0 aliphatic rings.